The van der Waals surface area contributed by atoms with Crippen LogP contribution in [0.1, 0.15) is 46.2 Å². The van der Waals surface area contributed by atoms with Gasteiger partial charge in [0.2, 0.25) is 0 Å². The monoisotopic (exact) mass is 597 g/mol. The lowest BCUT2D eigenvalue weighted by atomic mass is 9.95. The number of thioether (sulfide) groups is 1. The average Bonchev–Trinajstić information content (AvgIpc) is 3.26. The molecule has 0 fully saturated rings. The van der Waals surface area contributed by atoms with E-state index < -0.39 is 36.5 Å². The minimum atomic E-state index is -3.75. The SMILES string of the molecule is CC[Si](CC)(CC)O[C@](C)(CC/C=C(/F)COS(C)(=O)=O)c1cccc(-n2[nH]c(=O)c3cnc(SC)nc32)n1. The first-order valence-electron chi connectivity index (χ1n) is 12.8. The summed E-state index contributed by atoms with van der Waals surface area (Å²) in [5.41, 5.74) is -0.145. The number of fused-ring (bicyclic) bond motifs is 1. The number of nitrogens with one attached hydrogen (secondary N) is 1. The number of aromatic nitrogens is 5. The van der Waals surface area contributed by atoms with E-state index in [1.807, 2.05) is 25.3 Å². The van der Waals surface area contributed by atoms with Crippen molar-refractivity contribution in [2.24, 2.45) is 0 Å². The van der Waals surface area contributed by atoms with E-state index in [0.29, 0.717) is 34.1 Å². The molecule has 0 radical (unpaired) electrons. The van der Waals surface area contributed by atoms with Crippen molar-refractivity contribution in [3.63, 3.8) is 0 Å². The molecule has 214 valence electrons. The van der Waals surface area contributed by atoms with Crippen LogP contribution in [0.3, 0.4) is 0 Å². The number of hydrogen-bond acceptors (Lipinski definition) is 9. The van der Waals surface area contributed by atoms with Gasteiger partial charge >= 0.3 is 0 Å². The summed E-state index contributed by atoms with van der Waals surface area (Å²) in [6.07, 6.45) is 6.22. The number of nitrogens with zero attached hydrogens (tertiary/aromatic N) is 4. The Balaban J connectivity index is 2.03. The number of hydrogen-bond donors (Lipinski definition) is 1. The molecular formula is C25H36FN5O5S2Si. The van der Waals surface area contributed by atoms with E-state index >= 15 is 0 Å². The van der Waals surface area contributed by atoms with Crippen LogP contribution in [0.2, 0.25) is 18.1 Å². The molecule has 0 bridgehead atoms. The summed E-state index contributed by atoms with van der Waals surface area (Å²) in [5.74, 6) is -0.213. The van der Waals surface area contributed by atoms with E-state index in [9.17, 15) is 17.6 Å². The summed E-state index contributed by atoms with van der Waals surface area (Å²) < 4.78 is 49.8. The van der Waals surface area contributed by atoms with E-state index in [-0.39, 0.29) is 12.0 Å². The Hall–Kier alpha value is -2.39. The Morgan fingerprint density at radius 3 is 2.54 bits per heavy atom. The number of rotatable bonds is 14. The van der Waals surface area contributed by atoms with Gasteiger partial charge in [0.15, 0.2) is 24.9 Å². The van der Waals surface area contributed by atoms with Crippen molar-refractivity contribution in [2.75, 3.05) is 19.1 Å². The standard InChI is InChI=1S/C25H36FN5O5S2Si/c1-7-39(8-2,9-3)36-25(4,15-11-12-18(26)17-35-38(6,33)34)20-13-10-14-21(28-20)31-22-19(23(32)30-31)16-27-24(29-22)37-5/h10,12-14,16H,7-9,11,15,17H2,1-6H3,(H,30,32)/b18-12+/t25-/m1/s1. The molecule has 0 spiro atoms. The van der Waals surface area contributed by atoms with Gasteiger partial charge in [-0.15, -0.1) is 0 Å². The number of halogens is 1. The number of H-pyrrole nitrogens is 1. The predicted molar refractivity (Wildman–Crippen MR) is 154 cm³/mol. The Morgan fingerprint density at radius 1 is 1.23 bits per heavy atom. The molecule has 0 aliphatic heterocycles. The van der Waals surface area contributed by atoms with Gasteiger partial charge in [-0.1, -0.05) is 44.7 Å². The lowest BCUT2D eigenvalue weighted by molar-refractivity contribution is 0.0597. The van der Waals surface area contributed by atoms with E-state index in [1.165, 1.54) is 28.7 Å². The van der Waals surface area contributed by atoms with Crippen molar-refractivity contribution >= 4 is 41.2 Å². The molecular weight excluding hydrogens is 562 g/mol. The van der Waals surface area contributed by atoms with Crippen molar-refractivity contribution in [3.8, 4) is 5.82 Å². The lowest BCUT2D eigenvalue weighted by Crippen LogP contribution is -2.44. The van der Waals surface area contributed by atoms with Gasteiger partial charge in [-0.05, 0) is 56.3 Å². The van der Waals surface area contributed by atoms with Crippen molar-refractivity contribution in [2.45, 2.75) is 69.4 Å². The zero-order valence-electron chi connectivity index (χ0n) is 23.2. The second kappa shape index (κ2) is 12.9. The van der Waals surface area contributed by atoms with Crippen LogP contribution < -0.4 is 5.56 Å². The van der Waals surface area contributed by atoms with Crippen molar-refractivity contribution in [1.82, 2.24) is 24.7 Å². The van der Waals surface area contributed by atoms with Gasteiger partial charge in [0, 0.05) is 6.20 Å². The molecule has 3 heterocycles. The van der Waals surface area contributed by atoms with Crippen LogP contribution in [0.25, 0.3) is 16.9 Å². The normalized spacial score (nSPS) is 14.6. The highest BCUT2D eigenvalue weighted by molar-refractivity contribution is 7.98. The highest BCUT2D eigenvalue weighted by atomic mass is 32.2. The third-order valence-corrected chi connectivity index (χ3v) is 12.7. The fourth-order valence-electron chi connectivity index (χ4n) is 4.41. The zero-order chi connectivity index (χ0) is 28.8. The Kier molecular flexibility index (Phi) is 10.3. The molecule has 0 saturated heterocycles. The van der Waals surface area contributed by atoms with E-state index in [2.05, 4.69) is 40.0 Å². The van der Waals surface area contributed by atoms with Gasteiger partial charge in [0.1, 0.15) is 17.8 Å². The Labute approximate surface area is 233 Å². The molecule has 1 atom stereocenters. The van der Waals surface area contributed by atoms with Crippen molar-refractivity contribution in [1.29, 1.82) is 0 Å². The third kappa shape index (κ3) is 7.63. The fraction of sp³-hybridized carbons (Fsp3) is 0.520. The van der Waals surface area contributed by atoms with Crippen LogP contribution in [0.15, 0.2) is 46.2 Å². The van der Waals surface area contributed by atoms with E-state index in [1.54, 1.807) is 6.07 Å². The maximum atomic E-state index is 14.3. The second-order valence-corrected chi connectivity index (χ2v) is 16.6. The molecule has 0 amide bonds. The van der Waals surface area contributed by atoms with E-state index in [4.69, 9.17) is 9.41 Å². The average molecular weight is 598 g/mol. The van der Waals surface area contributed by atoms with Gasteiger partial charge in [0.05, 0.1) is 17.6 Å². The highest BCUT2D eigenvalue weighted by Crippen LogP contribution is 2.37. The molecule has 39 heavy (non-hydrogen) atoms. The van der Waals surface area contributed by atoms with Crippen LogP contribution in [0.4, 0.5) is 4.39 Å². The molecule has 10 nitrogen and oxygen atoms in total. The first kappa shape index (κ1) is 31.1. The lowest BCUT2D eigenvalue weighted by Gasteiger charge is -2.40. The van der Waals surface area contributed by atoms with Gasteiger partial charge in [0.25, 0.3) is 15.7 Å². The second-order valence-electron chi connectivity index (χ2n) is 9.48. The zero-order valence-corrected chi connectivity index (χ0v) is 25.8. The number of aromatic amines is 1. The molecule has 3 aromatic heterocycles. The summed E-state index contributed by atoms with van der Waals surface area (Å²) in [4.78, 5) is 26.2. The first-order valence-corrected chi connectivity index (χ1v) is 18.3. The quantitative estimate of drug-likeness (QED) is 0.117. The Morgan fingerprint density at radius 2 is 1.92 bits per heavy atom. The molecule has 3 rings (SSSR count). The third-order valence-electron chi connectivity index (χ3n) is 6.88. The molecule has 14 heteroatoms. The van der Waals surface area contributed by atoms with Crippen molar-refractivity contribution in [3.05, 3.63) is 52.3 Å². The van der Waals surface area contributed by atoms with E-state index in [0.717, 1.165) is 24.4 Å². The molecule has 0 unspecified atom stereocenters. The number of pyridine rings is 1. The molecule has 3 aromatic rings. The van der Waals surface area contributed by atoms with Gasteiger partial charge in [-0.2, -0.15) is 8.42 Å². The maximum absolute atomic E-state index is 14.3. The Bertz CT molecular complexity index is 1480. The molecule has 0 aliphatic rings. The smallest absolute Gasteiger partial charge is 0.275 e. The van der Waals surface area contributed by atoms with Crippen LogP contribution >= 0.6 is 11.8 Å². The maximum Gasteiger partial charge on any atom is 0.275 e. The minimum Gasteiger partial charge on any atom is -0.406 e. The molecule has 0 saturated carbocycles. The fourth-order valence-corrected chi connectivity index (χ4v) is 8.17. The molecule has 1 N–H and O–H groups in total. The minimum absolute atomic E-state index is 0.274. The molecule has 0 aromatic carbocycles. The van der Waals surface area contributed by atoms with Gasteiger partial charge < -0.3 is 4.43 Å². The number of allylic oxidation sites excluding steroid dienone is 1. The summed E-state index contributed by atoms with van der Waals surface area (Å²) in [6, 6.07) is 8.20. The highest BCUT2D eigenvalue weighted by Gasteiger charge is 2.40. The largest absolute Gasteiger partial charge is 0.406 e. The topological polar surface area (TPSA) is 129 Å². The summed E-state index contributed by atoms with van der Waals surface area (Å²) in [6.45, 7) is 7.70. The van der Waals surface area contributed by atoms with Crippen molar-refractivity contribution < 1.29 is 21.4 Å². The first-order chi connectivity index (χ1) is 18.4. The van der Waals surface area contributed by atoms with Crippen LogP contribution in [-0.4, -0.2) is 60.6 Å². The van der Waals surface area contributed by atoms with Gasteiger partial charge in [-0.25, -0.2) is 24.0 Å². The summed E-state index contributed by atoms with van der Waals surface area (Å²) in [5, 5.41) is 3.68. The summed E-state index contributed by atoms with van der Waals surface area (Å²) in [7, 11) is -5.90. The van der Waals surface area contributed by atoms with Gasteiger partial charge in [-0.3, -0.25) is 14.1 Å². The molecule has 0 aliphatic carbocycles. The van der Waals surface area contributed by atoms with Crippen LogP contribution in [0.5, 0.6) is 0 Å². The summed E-state index contributed by atoms with van der Waals surface area (Å²) >= 11 is 1.37. The van der Waals surface area contributed by atoms with Crippen LogP contribution in [-0.2, 0) is 24.3 Å². The van der Waals surface area contributed by atoms with Crippen LogP contribution in [0, 0.1) is 0 Å². The predicted octanol–water partition coefficient (Wildman–Crippen LogP) is 5.07.